The highest BCUT2D eigenvalue weighted by atomic mass is 32.2. The van der Waals surface area contributed by atoms with Gasteiger partial charge >= 0.3 is 0 Å². The van der Waals surface area contributed by atoms with Gasteiger partial charge in [-0.3, -0.25) is 0 Å². The van der Waals surface area contributed by atoms with E-state index in [1.54, 1.807) is 11.3 Å². The van der Waals surface area contributed by atoms with Crippen molar-refractivity contribution in [2.24, 2.45) is 11.8 Å². The monoisotopic (exact) mass is 415 g/mol. The largest absolute Gasteiger partial charge is 0.390 e. The minimum absolute atomic E-state index is 0.0425. The standard InChI is InChI=1S/C21H37NO3S2/c1-21(2,3)27(24,25)16-18-12-10-17(11-13-18)8-6-4-5-7-9-20-22-19(14-23)15-26-20/h15,17-18,23H,4-14,16H2,1-3H3. The number of nitrogens with zero attached hydrogens (tertiary/aromatic N) is 1. The normalized spacial score (nSPS) is 21.5. The first-order chi connectivity index (χ1) is 12.7. The average Bonchev–Trinajstić information content (AvgIpc) is 3.06. The molecule has 0 radical (unpaired) electrons. The molecule has 1 aromatic heterocycles. The number of aliphatic hydroxyl groups is 1. The minimum atomic E-state index is -2.98. The smallest absolute Gasteiger partial charge is 0.155 e. The topological polar surface area (TPSA) is 67.3 Å². The lowest BCUT2D eigenvalue weighted by Crippen LogP contribution is -2.34. The molecular formula is C21H37NO3S2. The zero-order valence-corrected chi connectivity index (χ0v) is 18.9. The molecule has 1 aromatic rings. The summed E-state index contributed by atoms with van der Waals surface area (Å²) in [6.07, 6.45) is 11.9. The van der Waals surface area contributed by atoms with Gasteiger partial charge in [0.1, 0.15) is 0 Å². The van der Waals surface area contributed by atoms with Crippen molar-refractivity contribution in [2.45, 2.75) is 96.3 Å². The molecule has 0 aromatic carbocycles. The van der Waals surface area contributed by atoms with Crippen LogP contribution in [0.1, 0.15) is 89.3 Å². The van der Waals surface area contributed by atoms with Gasteiger partial charge in [-0.15, -0.1) is 11.3 Å². The zero-order valence-electron chi connectivity index (χ0n) is 17.2. The van der Waals surface area contributed by atoms with Crippen LogP contribution in [0.4, 0.5) is 0 Å². The van der Waals surface area contributed by atoms with Gasteiger partial charge in [0.05, 0.1) is 27.8 Å². The molecule has 1 N–H and O–H groups in total. The summed E-state index contributed by atoms with van der Waals surface area (Å²) in [6.45, 7) is 5.48. The molecule has 1 heterocycles. The fraction of sp³-hybridized carbons (Fsp3) is 0.857. The third-order valence-corrected chi connectivity index (χ3v) is 9.60. The van der Waals surface area contributed by atoms with Gasteiger partial charge in [0.25, 0.3) is 0 Å². The number of sulfone groups is 1. The third kappa shape index (κ3) is 7.47. The molecule has 2 rings (SSSR count). The third-order valence-electron chi connectivity index (χ3n) is 5.87. The first kappa shape index (κ1) is 22.8. The van der Waals surface area contributed by atoms with E-state index in [9.17, 15) is 8.42 Å². The molecule has 0 saturated heterocycles. The van der Waals surface area contributed by atoms with E-state index in [0.717, 1.165) is 35.9 Å². The van der Waals surface area contributed by atoms with Crippen LogP contribution in [0.3, 0.4) is 0 Å². The Bertz CT molecular complexity index is 653. The molecule has 156 valence electrons. The van der Waals surface area contributed by atoms with Crippen molar-refractivity contribution in [3.05, 3.63) is 16.1 Å². The van der Waals surface area contributed by atoms with E-state index in [-0.39, 0.29) is 6.61 Å². The Morgan fingerprint density at radius 2 is 1.70 bits per heavy atom. The van der Waals surface area contributed by atoms with E-state index in [4.69, 9.17) is 5.11 Å². The van der Waals surface area contributed by atoms with Gasteiger partial charge in [0, 0.05) is 5.38 Å². The van der Waals surface area contributed by atoms with E-state index < -0.39 is 14.6 Å². The fourth-order valence-corrected chi connectivity index (χ4v) is 6.13. The van der Waals surface area contributed by atoms with Gasteiger partial charge in [-0.2, -0.15) is 0 Å². The summed E-state index contributed by atoms with van der Waals surface area (Å²) >= 11 is 1.65. The number of aryl methyl sites for hydroxylation is 1. The summed E-state index contributed by atoms with van der Waals surface area (Å²) in [6, 6.07) is 0. The van der Waals surface area contributed by atoms with Crippen molar-refractivity contribution >= 4 is 21.2 Å². The van der Waals surface area contributed by atoms with Gasteiger partial charge in [0.15, 0.2) is 9.84 Å². The lowest BCUT2D eigenvalue weighted by molar-refractivity contribution is 0.272. The molecule has 0 spiro atoms. The second-order valence-electron chi connectivity index (χ2n) is 9.12. The van der Waals surface area contributed by atoms with Gasteiger partial charge in [-0.05, 0) is 58.3 Å². The minimum Gasteiger partial charge on any atom is -0.390 e. The van der Waals surface area contributed by atoms with E-state index in [0.29, 0.717) is 11.7 Å². The predicted molar refractivity (Wildman–Crippen MR) is 114 cm³/mol. The van der Waals surface area contributed by atoms with Crippen molar-refractivity contribution in [1.82, 2.24) is 4.98 Å². The highest BCUT2D eigenvalue weighted by molar-refractivity contribution is 7.92. The summed E-state index contributed by atoms with van der Waals surface area (Å²) in [7, 11) is -2.98. The molecule has 0 amide bonds. The van der Waals surface area contributed by atoms with Gasteiger partial charge < -0.3 is 5.11 Å². The lowest BCUT2D eigenvalue weighted by atomic mass is 9.80. The van der Waals surface area contributed by atoms with Crippen LogP contribution in [0, 0.1) is 11.8 Å². The molecule has 6 heteroatoms. The summed E-state index contributed by atoms with van der Waals surface area (Å²) in [5.74, 6) is 1.54. The van der Waals surface area contributed by atoms with Crippen molar-refractivity contribution in [1.29, 1.82) is 0 Å². The van der Waals surface area contributed by atoms with Gasteiger partial charge in [-0.1, -0.05) is 38.5 Å². The molecule has 4 nitrogen and oxygen atoms in total. The number of hydrogen-bond donors (Lipinski definition) is 1. The first-order valence-electron chi connectivity index (χ1n) is 10.5. The fourth-order valence-electron chi connectivity index (χ4n) is 3.85. The Morgan fingerprint density at radius 1 is 1.07 bits per heavy atom. The van der Waals surface area contributed by atoms with Crippen molar-refractivity contribution in [2.75, 3.05) is 5.75 Å². The molecule has 0 unspecified atom stereocenters. The Labute approximate surface area is 169 Å². The van der Waals surface area contributed by atoms with Gasteiger partial charge in [0.2, 0.25) is 0 Å². The lowest BCUT2D eigenvalue weighted by Gasteiger charge is -2.30. The van der Waals surface area contributed by atoms with Crippen LogP contribution in [0.15, 0.2) is 5.38 Å². The van der Waals surface area contributed by atoms with Crippen LogP contribution in [0.25, 0.3) is 0 Å². The number of unbranched alkanes of at least 4 members (excludes halogenated alkanes) is 3. The van der Waals surface area contributed by atoms with Gasteiger partial charge in [-0.25, -0.2) is 13.4 Å². The second-order valence-corrected chi connectivity index (χ2v) is 12.9. The summed E-state index contributed by atoms with van der Waals surface area (Å²) in [4.78, 5) is 4.39. The van der Waals surface area contributed by atoms with Crippen LogP contribution < -0.4 is 0 Å². The maximum atomic E-state index is 12.4. The Kier molecular flexibility index (Phi) is 8.75. The first-order valence-corrected chi connectivity index (χ1v) is 13.0. The Morgan fingerprint density at radius 3 is 2.30 bits per heavy atom. The molecule has 27 heavy (non-hydrogen) atoms. The molecule has 0 aliphatic heterocycles. The number of aromatic nitrogens is 1. The molecule has 1 aliphatic rings. The van der Waals surface area contributed by atoms with Crippen LogP contribution >= 0.6 is 11.3 Å². The number of thiazole rings is 1. The summed E-state index contributed by atoms with van der Waals surface area (Å²) in [5.41, 5.74) is 0.793. The van der Waals surface area contributed by atoms with Crippen LogP contribution in [0.5, 0.6) is 0 Å². The van der Waals surface area contributed by atoms with Crippen molar-refractivity contribution in [3.8, 4) is 0 Å². The zero-order chi connectivity index (χ0) is 19.9. The number of hydrogen-bond acceptors (Lipinski definition) is 5. The highest BCUT2D eigenvalue weighted by Crippen LogP contribution is 2.34. The van der Waals surface area contributed by atoms with Crippen molar-refractivity contribution in [3.63, 3.8) is 0 Å². The highest BCUT2D eigenvalue weighted by Gasteiger charge is 2.33. The van der Waals surface area contributed by atoms with Crippen LogP contribution in [-0.4, -0.2) is 29.0 Å². The Hall–Kier alpha value is -0.460. The summed E-state index contributed by atoms with van der Waals surface area (Å²) in [5, 5.41) is 12.1. The second kappa shape index (κ2) is 10.4. The summed E-state index contributed by atoms with van der Waals surface area (Å²) < 4.78 is 24.1. The SMILES string of the molecule is CC(C)(C)S(=O)(=O)CC1CCC(CCCCCCc2nc(CO)cs2)CC1. The maximum Gasteiger partial charge on any atom is 0.155 e. The Balaban J connectivity index is 1.55. The molecule has 1 saturated carbocycles. The average molecular weight is 416 g/mol. The maximum absolute atomic E-state index is 12.4. The van der Waals surface area contributed by atoms with Crippen LogP contribution in [0.2, 0.25) is 0 Å². The quantitative estimate of drug-likeness (QED) is 0.537. The number of aliphatic hydroxyl groups excluding tert-OH is 1. The van der Waals surface area contributed by atoms with E-state index in [1.165, 1.54) is 44.9 Å². The molecule has 0 bridgehead atoms. The molecular weight excluding hydrogens is 378 g/mol. The van der Waals surface area contributed by atoms with Crippen LogP contribution in [-0.2, 0) is 22.9 Å². The van der Waals surface area contributed by atoms with E-state index in [2.05, 4.69) is 4.98 Å². The number of rotatable bonds is 10. The predicted octanol–water partition coefficient (Wildman–Crippen LogP) is 5.15. The molecule has 1 fully saturated rings. The van der Waals surface area contributed by atoms with E-state index >= 15 is 0 Å². The molecule has 0 atom stereocenters. The van der Waals surface area contributed by atoms with E-state index in [1.807, 2.05) is 26.2 Å². The molecule has 1 aliphatic carbocycles. The van der Waals surface area contributed by atoms with Crippen molar-refractivity contribution < 1.29 is 13.5 Å².